The number of nitrogens with zero attached hydrogens (tertiary/aromatic N) is 1. The fourth-order valence-electron chi connectivity index (χ4n) is 0.405. The molecule has 0 aliphatic carbocycles. The van der Waals surface area contributed by atoms with E-state index in [2.05, 4.69) is 0 Å². The van der Waals surface area contributed by atoms with Gasteiger partial charge in [0.2, 0.25) is 0 Å². The second-order valence-electron chi connectivity index (χ2n) is 2.20. The van der Waals surface area contributed by atoms with Crippen LogP contribution in [0.1, 0.15) is 0 Å². The molecule has 0 aliphatic rings. The molecule has 0 bridgehead atoms. The summed E-state index contributed by atoms with van der Waals surface area (Å²) in [5, 5.41) is 17.2. The van der Waals surface area contributed by atoms with E-state index in [0.717, 1.165) is 11.8 Å². The summed E-state index contributed by atoms with van der Waals surface area (Å²) in [6.07, 6.45) is -1.27. The van der Waals surface area contributed by atoms with E-state index in [1.165, 1.54) is 0 Å². The summed E-state index contributed by atoms with van der Waals surface area (Å²) in [7, 11) is 0. The first-order valence-electron chi connectivity index (χ1n) is 3.26. The van der Waals surface area contributed by atoms with Crippen molar-refractivity contribution in [2.75, 3.05) is 11.6 Å². The SMILES string of the molecule is N[C@@H](CSCN(N)C(=O)O)C(=O)O. The molecule has 8 heteroatoms. The van der Waals surface area contributed by atoms with Crippen LogP contribution in [-0.4, -0.2) is 45.0 Å². The van der Waals surface area contributed by atoms with Crippen LogP contribution in [0.2, 0.25) is 0 Å². The van der Waals surface area contributed by atoms with Gasteiger partial charge in [-0.1, -0.05) is 0 Å². The minimum absolute atomic E-state index is 0.00366. The van der Waals surface area contributed by atoms with Gasteiger partial charge in [0.1, 0.15) is 6.04 Å². The average Bonchev–Trinajstić information content (AvgIpc) is 2.03. The highest BCUT2D eigenvalue weighted by molar-refractivity contribution is 7.99. The Labute approximate surface area is 78.6 Å². The number of carbonyl (C=O) groups is 2. The first-order valence-corrected chi connectivity index (χ1v) is 4.42. The third-order valence-electron chi connectivity index (χ3n) is 1.09. The molecule has 0 aromatic carbocycles. The zero-order valence-corrected chi connectivity index (χ0v) is 7.53. The molecule has 0 radical (unpaired) electrons. The lowest BCUT2D eigenvalue weighted by atomic mass is 10.4. The molecule has 0 heterocycles. The number of rotatable bonds is 5. The molecule has 7 nitrogen and oxygen atoms in total. The maximum atomic E-state index is 10.2. The predicted octanol–water partition coefficient (Wildman–Crippen LogP) is -1.06. The van der Waals surface area contributed by atoms with Crippen LogP contribution >= 0.6 is 11.8 Å². The number of hydrogen-bond donors (Lipinski definition) is 4. The molecule has 0 saturated heterocycles. The van der Waals surface area contributed by atoms with E-state index in [-0.39, 0.29) is 11.6 Å². The summed E-state index contributed by atoms with van der Waals surface area (Å²) in [5.74, 6) is 4.00. The Morgan fingerprint density at radius 1 is 1.46 bits per heavy atom. The molecule has 76 valence electrons. The molecule has 1 atom stereocenters. The molecule has 1 amide bonds. The van der Waals surface area contributed by atoms with Gasteiger partial charge in [0.05, 0.1) is 5.88 Å². The van der Waals surface area contributed by atoms with Crippen LogP contribution in [0.5, 0.6) is 0 Å². The minimum atomic E-state index is -1.27. The zero-order valence-electron chi connectivity index (χ0n) is 6.71. The summed E-state index contributed by atoms with van der Waals surface area (Å²) in [6.45, 7) is 0. The fourth-order valence-corrected chi connectivity index (χ4v) is 1.21. The lowest BCUT2D eigenvalue weighted by Gasteiger charge is -2.12. The van der Waals surface area contributed by atoms with Crippen LogP contribution < -0.4 is 11.6 Å². The molecular formula is C5H11N3O4S. The summed E-state index contributed by atoms with van der Waals surface area (Å²) in [6, 6.07) is -0.993. The molecular weight excluding hydrogens is 198 g/mol. The monoisotopic (exact) mass is 209 g/mol. The molecule has 0 rings (SSSR count). The van der Waals surface area contributed by atoms with E-state index in [1.54, 1.807) is 0 Å². The summed E-state index contributed by atoms with van der Waals surface area (Å²) < 4.78 is 0. The van der Waals surface area contributed by atoms with Crippen molar-refractivity contribution in [3.63, 3.8) is 0 Å². The molecule has 0 aromatic heterocycles. The first kappa shape index (κ1) is 12.0. The number of thioether (sulfide) groups is 1. The van der Waals surface area contributed by atoms with Crippen molar-refractivity contribution in [3.05, 3.63) is 0 Å². The number of aliphatic carboxylic acids is 1. The van der Waals surface area contributed by atoms with Gasteiger partial charge in [-0.3, -0.25) is 4.79 Å². The highest BCUT2D eigenvalue weighted by Gasteiger charge is 2.12. The molecule has 0 spiro atoms. The highest BCUT2D eigenvalue weighted by atomic mass is 32.2. The summed E-state index contributed by atoms with van der Waals surface area (Å²) in [5.41, 5.74) is 5.15. The van der Waals surface area contributed by atoms with Crippen molar-refractivity contribution < 1.29 is 19.8 Å². The fraction of sp³-hybridized carbons (Fsp3) is 0.600. The van der Waals surface area contributed by atoms with Crippen molar-refractivity contribution in [2.24, 2.45) is 11.6 Å². The Balaban J connectivity index is 3.56. The number of hydrazine groups is 1. The van der Waals surface area contributed by atoms with Crippen LogP contribution in [0.15, 0.2) is 0 Å². The molecule has 0 unspecified atom stereocenters. The van der Waals surface area contributed by atoms with E-state index in [1.807, 2.05) is 0 Å². The van der Waals surface area contributed by atoms with Gasteiger partial charge < -0.3 is 15.9 Å². The van der Waals surface area contributed by atoms with Gasteiger partial charge in [0, 0.05) is 5.75 Å². The molecule has 0 fully saturated rings. The predicted molar refractivity (Wildman–Crippen MR) is 47.0 cm³/mol. The topological polar surface area (TPSA) is 130 Å². The molecule has 13 heavy (non-hydrogen) atoms. The molecule has 0 aromatic rings. The second kappa shape index (κ2) is 5.62. The number of hydrogen-bond acceptors (Lipinski definition) is 5. The Bertz CT molecular complexity index is 180. The van der Waals surface area contributed by atoms with Crippen molar-refractivity contribution >= 4 is 23.8 Å². The first-order chi connectivity index (χ1) is 5.95. The maximum Gasteiger partial charge on any atom is 0.422 e. The third-order valence-corrected chi connectivity index (χ3v) is 2.15. The van der Waals surface area contributed by atoms with Crippen molar-refractivity contribution in [3.8, 4) is 0 Å². The zero-order chi connectivity index (χ0) is 10.4. The number of nitrogens with two attached hydrogens (primary N) is 2. The van der Waals surface area contributed by atoms with Crippen LogP contribution in [-0.2, 0) is 4.79 Å². The Hall–Kier alpha value is -0.990. The van der Waals surface area contributed by atoms with Crippen LogP contribution in [0.4, 0.5) is 4.79 Å². The summed E-state index contributed by atoms with van der Waals surface area (Å²) >= 11 is 1.04. The Morgan fingerprint density at radius 3 is 2.38 bits per heavy atom. The molecule has 6 N–H and O–H groups in total. The number of carboxylic acids is 1. The van der Waals surface area contributed by atoms with Crippen LogP contribution in [0.3, 0.4) is 0 Å². The Kier molecular flexibility index (Phi) is 5.19. The molecule has 0 saturated carbocycles. The minimum Gasteiger partial charge on any atom is -0.480 e. The van der Waals surface area contributed by atoms with Crippen molar-refractivity contribution in [1.29, 1.82) is 0 Å². The quantitative estimate of drug-likeness (QED) is 0.196. The number of carboxylic acid groups (broad SMARTS) is 2. The highest BCUT2D eigenvalue weighted by Crippen LogP contribution is 2.02. The smallest absolute Gasteiger partial charge is 0.422 e. The lowest BCUT2D eigenvalue weighted by molar-refractivity contribution is -0.137. The van der Waals surface area contributed by atoms with Gasteiger partial charge in [-0.05, 0) is 0 Å². The maximum absolute atomic E-state index is 10.2. The van der Waals surface area contributed by atoms with E-state index in [4.69, 9.17) is 21.8 Å². The van der Waals surface area contributed by atoms with E-state index < -0.39 is 18.1 Å². The van der Waals surface area contributed by atoms with Gasteiger partial charge >= 0.3 is 12.1 Å². The van der Waals surface area contributed by atoms with Crippen LogP contribution in [0.25, 0.3) is 0 Å². The number of amides is 1. The summed E-state index contributed by atoms with van der Waals surface area (Å²) in [4.78, 5) is 20.4. The van der Waals surface area contributed by atoms with Gasteiger partial charge in [0.15, 0.2) is 0 Å². The lowest BCUT2D eigenvalue weighted by Crippen LogP contribution is -2.37. The Morgan fingerprint density at radius 2 is 2.00 bits per heavy atom. The van der Waals surface area contributed by atoms with Crippen molar-refractivity contribution in [1.82, 2.24) is 5.01 Å². The average molecular weight is 209 g/mol. The normalized spacial score (nSPS) is 12.2. The van der Waals surface area contributed by atoms with E-state index in [9.17, 15) is 9.59 Å². The largest absolute Gasteiger partial charge is 0.480 e. The van der Waals surface area contributed by atoms with Gasteiger partial charge in [0.25, 0.3) is 0 Å². The van der Waals surface area contributed by atoms with Gasteiger partial charge in [-0.15, -0.1) is 11.8 Å². The van der Waals surface area contributed by atoms with Gasteiger partial charge in [-0.25, -0.2) is 15.6 Å². The van der Waals surface area contributed by atoms with E-state index in [0.29, 0.717) is 5.01 Å². The third kappa shape index (κ3) is 5.28. The molecule has 0 aliphatic heterocycles. The van der Waals surface area contributed by atoms with E-state index >= 15 is 0 Å². The van der Waals surface area contributed by atoms with Gasteiger partial charge in [-0.2, -0.15) is 0 Å². The van der Waals surface area contributed by atoms with Crippen LogP contribution in [0, 0.1) is 0 Å². The second-order valence-corrected chi connectivity index (χ2v) is 3.20. The van der Waals surface area contributed by atoms with Crippen molar-refractivity contribution in [2.45, 2.75) is 6.04 Å². The standard InChI is InChI=1S/C5H11N3O4S/c6-3(4(9)10)1-13-2-8(7)5(11)12/h3H,1-2,6-7H2,(H,9,10)(H,11,12)/t3-/m0/s1.